The van der Waals surface area contributed by atoms with Crippen LogP contribution in [0.3, 0.4) is 0 Å². The van der Waals surface area contributed by atoms with Gasteiger partial charge in [0.2, 0.25) is 0 Å². The molecule has 1 unspecified atom stereocenters. The number of ether oxygens (including phenoxy) is 1. The van der Waals surface area contributed by atoms with Gasteiger partial charge < -0.3 is 20.9 Å². The Morgan fingerprint density at radius 2 is 2.06 bits per heavy atom. The average Bonchev–Trinajstić information content (AvgIpc) is 3.14. The number of amides is 1. The molecule has 1 aromatic carbocycles. The van der Waals surface area contributed by atoms with Gasteiger partial charge >= 0.3 is 0 Å². The van der Waals surface area contributed by atoms with E-state index in [1.165, 1.54) is 6.07 Å². The van der Waals surface area contributed by atoms with Crippen molar-refractivity contribution in [3.05, 3.63) is 51.9 Å². The number of carbonyl (C=O) groups excluding carboxylic acids is 1. The maximum absolute atomic E-state index is 15.4. The van der Waals surface area contributed by atoms with E-state index in [1.54, 1.807) is 26.2 Å². The highest BCUT2D eigenvalue weighted by Crippen LogP contribution is 2.40. The highest BCUT2D eigenvalue weighted by Gasteiger charge is 2.32. The summed E-state index contributed by atoms with van der Waals surface area (Å²) in [6, 6.07) is 1.02. The minimum Gasteiger partial charge on any atom is -0.490 e. The van der Waals surface area contributed by atoms with E-state index in [2.05, 4.69) is 10.3 Å². The van der Waals surface area contributed by atoms with Gasteiger partial charge in [0.1, 0.15) is 28.5 Å². The van der Waals surface area contributed by atoms with Gasteiger partial charge in [-0.2, -0.15) is 0 Å². The van der Waals surface area contributed by atoms with Crippen LogP contribution in [0, 0.1) is 12.7 Å². The molecule has 0 aliphatic heterocycles. The minimum atomic E-state index is -0.862. The second-order valence-electron chi connectivity index (χ2n) is 9.37. The summed E-state index contributed by atoms with van der Waals surface area (Å²) >= 11 is 6.31. The van der Waals surface area contributed by atoms with Crippen LogP contribution >= 0.6 is 11.6 Å². The van der Waals surface area contributed by atoms with Crippen molar-refractivity contribution in [2.45, 2.75) is 77.5 Å². The van der Waals surface area contributed by atoms with Gasteiger partial charge in [0.25, 0.3) is 5.91 Å². The van der Waals surface area contributed by atoms with E-state index in [0.717, 1.165) is 12.8 Å². The van der Waals surface area contributed by atoms with Gasteiger partial charge in [0, 0.05) is 23.9 Å². The number of rotatable bonds is 6. The summed E-state index contributed by atoms with van der Waals surface area (Å²) in [6.07, 6.45) is 5.29. The maximum Gasteiger partial charge on any atom is 0.258 e. The maximum atomic E-state index is 15.4. The van der Waals surface area contributed by atoms with Gasteiger partial charge in [-0.15, -0.1) is 0 Å². The number of hydrogen-bond donors (Lipinski definition) is 3. The molecule has 0 radical (unpaired) electrons. The van der Waals surface area contributed by atoms with E-state index in [-0.39, 0.29) is 22.4 Å². The molecule has 2 heterocycles. The van der Waals surface area contributed by atoms with Crippen LogP contribution in [0.5, 0.6) is 5.75 Å². The molecule has 3 aromatic rings. The summed E-state index contributed by atoms with van der Waals surface area (Å²) in [6.45, 7) is 7.32. The second-order valence-corrected chi connectivity index (χ2v) is 9.78. The number of anilines is 1. The number of halogens is 2. The molecular weight excluding hydrogens is 473 g/mol. The fourth-order valence-corrected chi connectivity index (χ4v) is 4.96. The van der Waals surface area contributed by atoms with Crippen molar-refractivity contribution in [2.24, 2.45) is 0 Å². The third kappa shape index (κ3) is 4.79. The number of aromatic nitrogens is 3. The van der Waals surface area contributed by atoms with Crippen molar-refractivity contribution in [3.63, 3.8) is 0 Å². The minimum absolute atomic E-state index is 0.105. The molecule has 1 fully saturated rings. The molecule has 35 heavy (non-hydrogen) atoms. The van der Waals surface area contributed by atoms with Gasteiger partial charge in [-0.1, -0.05) is 31.4 Å². The van der Waals surface area contributed by atoms with Crippen molar-refractivity contribution in [2.75, 3.05) is 5.73 Å². The lowest BCUT2D eigenvalue weighted by Crippen LogP contribution is -2.45. The van der Waals surface area contributed by atoms with Crippen molar-refractivity contribution in [1.29, 1.82) is 0 Å². The number of hydrogen-bond acceptors (Lipinski definition) is 6. The van der Waals surface area contributed by atoms with Gasteiger partial charge in [-0.05, 0) is 39.7 Å². The number of carbonyl (C=O) groups is 1. The zero-order valence-electron chi connectivity index (χ0n) is 20.3. The highest BCUT2D eigenvalue weighted by molar-refractivity contribution is 6.31. The lowest BCUT2D eigenvalue weighted by atomic mass is 9.91. The summed E-state index contributed by atoms with van der Waals surface area (Å²) in [5.41, 5.74) is 7.69. The summed E-state index contributed by atoms with van der Waals surface area (Å²) < 4.78 is 23.3. The molecule has 0 bridgehead atoms. The Kier molecular flexibility index (Phi) is 7.19. The third-order valence-corrected chi connectivity index (χ3v) is 6.74. The molecule has 10 heteroatoms. The molecule has 4 N–H and O–H groups in total. The van der Waals surface area contributed by atoms with Gasteiger partial charge in [-0.25, -0.2) is 14.4 Å². The number of nitrogens with two attached hydrogens (primary N) is 1. The number of aliphatic hydroxyl groups excluding tert-OH is 1. The first-order valence-electron chi connectivity index (χ1n) is 11.9. The van der Waals surface area contributed by atoms with Crippen molar-refractivity contribution >= 4 is 28.8 Å². The van der Waals surface area contributed by atoms with Crippen LogP contribution in [0.1, 0.15) is 79.8 Å². The smallest absolute Gasteiger partial charge is 0.258 e. The topological polar surface area (TPSA) is 115 Å². The van der Waals surface area contributed by atoms with Crippen LogP contribution in [0.15, 0.2) is 18.5 Å². The summed E-state index contributed by atoms with van der Waals surface area (Å²) in [7, 11) is 0. The number of nitrogens with one attached hydrogen (secondary N) is 1. The molecule has 4 rings (SSSR count). The molecule has 188 valence electrons. The Balaban J connectivity index is 1.84. The van der Waals surface area contributed by atoms with E-state index in [9.17, 15) is 9.90 Å². The summed E-state index contributed by atoms with van der Waals surface area (Å²) in [5, 5.41) is 12.9. The highest BCUT2D eigenvalue weighted by atomic mass is 35.5. The Bertz CT molecular complexity index is 1260. The quantitative estimate of drug-likeness (QED) is 0.459. The molecule has 1 aliphatic carbocycles. The Labute approximate surface area is 208 Å². The van der Waals surface area contributed by atoms with Gasteiger partial charge in [0.15, 0.2) is 5.82 Å². The number of imidazole rings is 1. The number of nitrogen functional groups attached to an aromatic ring is 1. The molecule has 0 saturated heterocycles. The number of aryl methyl sites for hydroxylation is 1. The second kappa shape index (κ2) is 9.99. The standard InChI is InChI=1S/C25H31ClFN5O3/c1-12(2)35-22-15(13(3)24-30-14(4)21-23(28)29-9-10-32(21)24)11-16(26)20(27)19(22)25(34)31-17-7-5-6-8-18(17)33/h9-13,17-18,33H,5-8H2,1-4H3,(H2,28,29)(H,31,34)/t13?,17-,18+/m1/s1. The average molecular weight is 504 g/mol. The van der Waals surface area contributed by atoms with E-state index in [0.29, 0.717) is 41.3 Å². The summed E-state index contributed by atoms with van der Waals surface area (Å²) in [5.74, 6) is -0.892. The monoisotopic (exact) mass is 503 g/mol. The first-order chi connectivity index (χ1) is 16.6. The van der Waals surface area contributed by atoms with Crippen molar-refractivity contribution in [3.8, 4) is 5.75 Å². The molecule has 3 atom stereocenters. The predicted octanol–water partition coefficient (Wildman–Crippen LogP) is 4.38. The number of aliphatic hydroxyl groups is 1. The van der Waals surface area contributed by atoms with E-state index < -0.39 is 29.8 Å². The lowest BCUT2D eigenvalue weighted by molar-refractivity contribution is 0.0710. The molecule has 0 spiro atoms. The Hall–Kier alpha value is -2.91. The number of nitrogens with zero attached hydrogens (tertiary/aromatic N) is 3. The predicted molar refractivity (Wildman–Crippen MR) is 133 cm³/mol. The number of fused-ring (bicyclic) bond motifs is 1. The number of benzene rings is 1. The zero-order valence-corrected chi connectivity index (χ0v) is 21.1. The lowest BCUT2D eigenvalue weighted by Gasteiger charge is -2.29. The van der Waals surface area contributed by atoms with Crippen molar-refractivity contribution < 1.29 is 19.0 Å². The van der Waals surface area contributed by atoms with Crippen LogP contribution < -0.4 is 15.8 Å². The van der Waals surface area contributed by atoms with Crippen LogP contribution in [0.4, 0.5) is 10.2 Å². The molecular formula is C25H31ClFN5O3. The largest absolute Gasteiger partial charge is 0.490 e. The normalized spacial score (nSPS) is 19.2. The fourth-order valence-electron chi connectivity index (χ4n) is 4.75. The third-order valence-electron chi connectivity index (χ3n) is 6.47. The van der Waals surface area contributed by atoms with Crippen molar-refractivity contribution in [1.82, 2.24) is 19.7 Å². The van der Waals surface area contributed by atoms with E-state index in [1.807, 2.05) is 18.2 Å². The Morgan fingerprint density at radius 1 is 1.34 bits per heavy atom. The zero-order chi connectivity index (χ0) is 25.4. The molecule has 2 aromatic heterocycles. The molecule has 1 amide bonds. The fraction of sp³-hybridized carbons (Fsp3) is 0.480. The molecule has 1 saturated carbocycles. The Morgan fingerprint density at radius 3 is 2.74 bits per heavy atom. The van der Waals surface area contributed by atoms with E-state index >= 15 is 4.39 Å². The van der Waals surface area contributed by atoms with Crippen LogP contribution in [0.25, 0.3) is 5.52 Å². The van der Waals surface area contributed by atoms with E-state index in [4.69, 9.17) is 27.1 Å². The molecule has 1 aliphatic rings. The first-order valence-corrected chi connectivity index (χ1v) is 12.2. The summed E-state index contributed by atoms with van der Waals surface area (Å²) in [4.78, 5) is 22.2. The SMILES string of the molecule is Cc1nc(C(C)c2cc(Cl)c(F)c(C(=O)N[C@@H]3CCCC[C@@H]3O)c2OC(C)C)n2ccnc(N)c12. The molecule has 8 nitrogen and oxygen atoms in total. The van der Waals surface area contributed by atoms with Crippen LogP contribution in [0.2, 0.25) is 5.02 Å². The van der Waals surface area contributed by atoms with Gasteiger partial charge in [0.05, 0.1) is 29.0 Å². The first kappa shape index (κ1) is 25.2. The van der Waals surface area contributed by atoms with Crippen LogP contribution in [-0.4, -0.2) is 43.6 Å². The van der Waals surface area contributed by atoms with Gasteiger partial charge in [-0.3, -0.25) is 9.20 Å². The van der Waals surface area contributed by atoms with Crippen LogP contribution in [-0.2, 0) is 0 Å².